The molecule has 0 heterocycles. The van der Waals surface area contributed by atoms with Crippen LogP contribution in [0.15, 0.2) is 30.3 Å². The maximum atomic E-state index is 12.9. The molecule has 2 aromatic rings. The summed E-state index contributed by atoms with van der Waals surface area (Å²) < 4.78 is 26.1. The highest BCUT2D eigenvalue weighted by molar-refractivity contribution is 7.92. The highest BCUT2D eigenvalue weighted by Crippen LogP contribution is 2.26. The minimum absolute atomic E-state index is 0.366. The highest BCUT2D eigenvalue weighted by Gasteiger charge is 2.30. The molecule has 0 radical (unpaired) electrons. The molecule has 1 amide bonds. The number of nitrogens with one attached hydrogen (secondary N) is 1. The summed E-state index contributed by atoms with van der Waals surface area (Å²) in [5.74, 6) is -0.366. The summed E-state index contributed by atoms with van der Waals surface area (Å²) in [6.45, 7) is 11.3. The maximum Gasteiger partial charge on any atom is 0.248 e. The molecule has 2 rings (SSSR count). The van der Waals surface area contributed by atoms with Crippen LogP contribution in [0.4, 0.5) is 11.4 Å². The molecule has 2 aromatic carbocycles. The molecule has 0 aromatic heterocycles. The molecule has 0 aliphatic heterocycles. The Kier molecular flexibility index (Phi) is 6.00. The van der Waals surface area contributed by atoms with Crippen molar-refractivity contribution in [3.63, 3.8) is 0 Å². The first-order chi connectivity index (χ1) is 12.4. The normalized spacial score (nSPS) is 12.6. The highest BCUT2D eigenvalue weighted by atomic mass is 32.2. The number of rotatable bonds is 5. The fourth-order valence-corrected chi connectivity index (χ4v) is 4.65. The van der Waals surface area contributed by atoms with E-state index < -0.39 is 16.1 Å². The SMILES string of the molecule is Cc1cc(C)cc(N([C@H](C)C(=O)Nc2c(C)cc(C)cc2C)S(C)(=O)=O)c1. The van der Waals surface area contributed by atoms with Crippen molar-refractivity contribution in [2.24, 2.45) is 0 Å². The minimum Gasteiger partial charge on any atom is -0.324 e. The second kappa shape index (κ2) is 7.72. The van der Waals surface area contributed by atoms with Crippen molar-refractivity contribution >= 4 is 27.3 Å². The van der Waals surface area contributed by atoms with Crippen molar-refractivity contribution in [2.75, 3.05) is 15.9 Å². The average Bonchev–Trinajstić information content (AvgIpc) is 2.48. The third-order valence-electron chi connectivity index (χ3n) is 4.47. The van der Waals surface area contributed by atoms with E-state index in [1.165, 1.54) is 4.31 Å². The van der Waals surface area contributed by atoms with Crippen molar-refractivity contribution in [3.05, 3.63) is 58.1 Å². The Morgan fingerprint density at radius 1 is 0.889 bits per heavy atom. The summed E-state index contributed by atoms with van der Waals surface area (Å²) in [5, 5.41) is 2.91. The maximum absolute atomic E-state index is 12.9. The van der Waals surface area contributed by atoms with Crippen LogP contribution in [0.5, 0.6) is 0 Å². The van der Waals surface area contributed by atoms with E-state index in [1.807, 2.05) is 52.8 Å². The van der Waals surface area contributed by atoms with Crippen LogP contribution >= 0.6 is 0 Å². The first-order valence-electron chi connectivity index (χ1n) is 8.86. The molecule has 0 fully saturated rings. The molecule has 1 N–H and O–H groups in total. The Morgan fingerprint density at radius 3 is 1.78 bits per heavy atom. The van der Waals surface area contributed by atoms with E-state index in [-0.39, 0.29) is 5.91 Å². The van der Waals surface area contributed by atoms with Crippen molar-refractivity contribution in [1.29, 1.82) is 0 Å². The Morgan fingerprint density at radius 2 is 1.33 bits per heavy atom. The number of carbonyl (C=O) groups excluding carboxylic acids is 1. The number of aryl methyl sites for hydroxylation is 5. The van der Waals surface area contributed by atoms with E-state index in [9.17, 15) is 13.2 Å². The molecule has 0 spiro atoms. The van der Waals surface area contributed by atoms with Crippen molar-refractivity contribution in [3.8, 4) is 0 Å². The zero-order valence-corrected chi connectivity index (χ0v) is 17.9. The molecule has 0 saturated heterocycles. The lowest BCUT2D eigenvalue weighted by molar-refractivity contribution is -0.116. The number of hydrogen-bond acceptors (Lipinski definition) is 3. The quantitative estimate of drug-likeness (QED) is 0.841. The number of anilines is 2. The zero-order valence-electron chi connectivity index (χ0n) is 17.0. The van der Waals surface area contributed by atoms with Gasteiger partial charge in [-0.25, -0.2) is 8.42 Å². The van der Waals surface area contributed by atoms with Gasteiger partial charge in [0.15, 0.2) is 0 Å². The molecule has 27 heavy (non-hydrogen) atoms. The second-order valence-electron chi connectivity index (χ2n) is 7.34. The molecule has 0 bridgehead atoms. The van der Waals surface area contributed by atoms with E-state index in [0.717, 1.165) is 39.8 Å². The van der Waals surface area contributed by atoms with Gasteiger partial charge in [-0.2, -0.15) is 0 Å². The van der Waals surface area contributed by atoms with Crippen LogP contribution in [0, 0.1) is 34.6 Å². The van der Waals surface area contributed by atoms with Gasteiger partial charge >= 0.3 is 0 Å². The smallest absolute Gasteiger partial charge is 0.248 e. The summed E-state index contributed by atoms with van der Waals surface area (Å²) in [5.41, 5.74) is 6.12. The van der Waals surface area contributed by atoms with E-state index in [1.54, 1.807) is 19.1 Å². The monoisotopic (exact) mass is 388 g/mol. The van der Waals surface area contributed by atoms with Gasteiger partial charge in [0.1, 0.15) is 6.04 Å². The van der Waals surface area contributed by atoms with Gasteiger partial charge in [0.2, 0.25) is 15.9 Å². The van der Waals surface area contributed by atoms with Gasteiger partial charge in [-0.15, -0.1) is 0 Å². The zero-order chi connectivity index (χ0) is 20.5. The molecular formula is C21H28N2O3S. The van der Waals surface area contributed by atoms with Gasteiger partial charge in [-0.3, -0.25) is 9.10 Å². The van der Waals surface area contributed by atoms with E-state index in [2.05, 4.69) is 5.32 Å². The van der Waals surface area contributed by atoms with Gasteiger partial charge in [0, 0.05) is 5.69 Å². The molecule has 146 valence electrons. The molecule has 1 atom stereocenters. The molecule has 0 saturated carbocycles. The minimum atomic E-state index is -3.64. The van der Waals surface area contributed by atoms with Crippen LogP contribution in [0.25, 0.3) is 0 Å². The van der Waals surface area contributed by atoms with E-state index >= 15 is 0 Å². The van der Waals surface area contributed by atoms with Crippen LogP contribution in [-0.4, -0.2) is 26.6 Å². The summed E-state index contributed by atoms with van der Waals surface area (Å²) in [6, 6.07) is 8.62. The lowest BCUT2D eigenvalue weighted by Crippen LogP contribution is -2.45. The lowest BCUT2D eigenvalue weighted by Gasteiger charge is -2.29. The Balaban J connectivity index is 2.42. The average molecular weight is 389 g/mol. The van der Waals surface area contributed by atoms with Gasteiger partial charge in [0.25, 0.3) is 0 Å². The summed E-state index contributed by atoms with van der Waals surface area (Å²) in [7, 11) is -3.64. The van der Waals surface area contributed by atoms with Crippen molar-refractivity contribution in [2.45, 2.75) is 47.6 Å². The lowest BCUT2D eigenvalue weighted by atomic mass is 10.0. The van der Waals surface area contributed by atoms with Crippen LogP contribution in [0.3, 0.4) is 0 Å². The van der Waals surface area contributed by atoms with Crippen LogP contribution in [0.2, 0.25) is 0 Å². The van der Waals surface area contributed by atoms with Crippen LogP contribution in [-0.2, 0) is 14.8 Å². The van der Waals surface area contributed by atoms with Crippen molar-refractivity contribution < 1.29 is 13.2 Å². The summed E-state index contributed by atoms with van der Waals surface area (Å²) in [6.07, 6.45) is 1.12. The first-order valence-corrected chi connectivity index (χ1v) is 10.7. The Hall–Kier alpha value is -2.34. The number of sulfonamides is 1. The Bertz CT molecular complexity index is 938. The van der Waals surface area contributed by atoms with Gasteiger partial charge in [-0.1, -0.05) is 23.8 Å². The van der Waals surface area contributed by atoms with Gasteiger partial charge < -0.3 is 5.32 Å². The number of benzene rings is 2. The molecule has 5 nitrogen and oxygen atoms in total. The summed E-state index contributed by atoms with van der Waals surface area (Å²) >= 11 is 0. The molecular weight excluding hydrogens is 360 g/mol. The molecule has 0 aliphatic rings. The number of carbonyl (C=O) groups is 1. The fraction of sp³-hybridized carbons (Fsp3) is 0.381. The molecule has 0 aliphatic carbocycles. The predicted molar refractivity (Wildman–Crippen MR) is 112 cm³/mol. The van der Waals surface area contributed by atoms with Crippen molar-refractivity contribution in [1.82, 2.24) is 0 Å². The number of hydrogen-bond donors (Lipinski definition) is 1. The van der Waals surface area contributed by atoms with E-state index in [4.69, 9.17) is 0 Å². The summed E-state index contributed by atoms with van der Waals surface area (Å²) in [4.78, 5) is 12.9. The predicted octanol–water partition coefficient (Wildman–Crippen LogP) is 4.02. The standard InChI is InChI=1S/C21H28N2O3S/c1-13-8-14(2)12-19(11-13)23(27(7,25)26)18(6)21(24)22-20-16(4)9-15(3)10-17(20)5/h8-12,18H,1-7H3,(H,22,24)/t18-/m1/s1. The Labute approximate surface area is 162 Å². The molecule has 6 heteroatoms. The first kappa shape index (κ1) is 21.0. The second-order valence-corrected chi connectivity index (χ2v) is 9.20. The fourth-order valence-electron chi connectivity index (χ4n) is 3.49. The van der Waals surface area contributed by atoms with Gasteiger partial charge in [-0.05, 0) is 75.9 Å². The number of nitrogens with zero attached hydrogens (tertiary/aromatic N) is 1. The largest absolute Gasteiger partial charge is 0.324 e. The third-order valence-corrected chi connectivity index (χ3v) is 5.72. The van der Waals surface area contributed by atoms with Crippen LogP contribution < -0.4 is 9.62 Å². The number of amides is 1. The molecule has 0 unspecified atom stereocenters. The van der Waals surface area contributed by atoms with Crippen LogP contribution in [0.1, 0.15) is 34.7 Å². The van der Waals surface area contributed by atoms with Gasteiger partial charge in [0.05, 0.1) is 11.9 Å². The van der Waals surface area contributed by atoms with E-state index in [0.29, 0.717) is 5.69 Å². The topological polar surface area (TPSA) is 66.5 Å². The third kappa shape index (κ3) is 4.89.